The summed E-state index contributed by atoms with van der Waals surface area (Å²) in [6.45, 7) is 3.26. The largest absolute Gasteiger partial charge is 0.483 e. The first kappa shape index (κ1) is 19.8. The van der Waals surface area contributed by atoms with Gasteiger partial charge < -0.3 is 10.1 Å². The molecular weight excluding hydrogens is 422 g/mol. The van der Waals surface area contributed by atoms with Crippen LogP contribution in [0, 0.1) is 24.0 Å². The van der Waals surface area contributed by atoms with E-state index >= 15 is 0 Å². The lowest BCUT2D eigenvalue weighted by molar-refractivity contribution is -0.385. The van der Waals surface area contributed by atoms with Gasteiger partial charge in [-0.15, -0.1) is 0 Å². The van der Waals surface area contributed by atoms with E-state index in [0.29, 0.717) is 17.0 Å². The smallest absolute Gasteiger partial charge is 0.274 e. The quantitative estimate of drug-likeness (QED) is 0.418. The second kappa shape index (κ2) is 8.72. The Morgan fingerprint density at radius 3 is 2.69 bits per heavy atom. The van der Waals surface area contributed by atoms with Crippen molar-refractivity contribution in [3.63, 3.8) is 0 Å². The van der Waals surface area contributed by atoms with Crippen molar-refractivity contribution in [3.05, 3.63) is 62.1 Å². The number of nitro groups is 1. The number of carbonyl (C=O) groups excluding carboxylic acids is 1. The number of nitrogens with zero attached hydrogens (tertiary/aromatic N) is 1. The summed E-state index contributed by atoms with van der Waals surface area (Å²) in [6.07, 6.45) is 0. The van der Waals surface area contributed by atoms with Crippen LogP contribution in [0.25, 0.3) is 0 Å². The maximum absolute atomic E-state index is 12.0. The molecule has 1 amide bonds. The van der Waals surface area contributed by atoms with Crippen LogP contribution in [0.1, 0.15) is 11.1 Å². The molecule has 0 saturated carbocycles. The van der Waals surface area contributed by atoms with E-state index in [1.165, 1.54) is 12.1 Å². The van der Waals surface area contributed by atoms with Crippen LogP contribution in [-0.2, 0) is 4.79 Å². The molecule has 0 saturated heterocycles. The summed E-state index contributed by atoms with van der Waals surface area (Å²) in [5.41, 5.74) is 1.74. The fourth-order valence-corrected chi connectivity index (χ4v) is 2.89. The van der Waals surface area contributed by atoms with Gasteiger partial charge >= 0.3 is 0 Å². The summed E-state index contributed by atoms with van der Waals surface area (Å²) in [6, 6.07) is 10.0. The normalized spacial score (nSPS) is 10.1. The minimum absolute atomic E-state index is 0.0295. The Morgan fingerprint density at radius 2 is 2.04 bits per heavy atom. The predicted octanol–water partition coefficient (Wildman–Crippen LogP) is 3.87. The minimum Gasteiger partial charge on any atom is -0.483 e. The van der Waals surface area contributed by atoms with Crippen LogP contribution < -0.4 is 15.4 Å². The number of aryl methyl sites for hydroxylation is 1. The Labute approximate surface area is 164 Å². The van der Waals surface area contributed by atoms with Crippen LogP contribution in [0.2, 0.25) is 0 Å². The van der Waals surface area contributed by atoms with E-state index in [1.807, 2.05) is 19.1 Å². The number of hydrogen-bond donors (Lipinski definition) is 2. The molecule has 136 valence electrons. The Kier molecular flexibility index (Phi) is 6.64. The number of hydrogen-bond acceptors (Lipinski definition) is 5. The third kappa shape index (κ3) is 5.24. The lowest BCUT2D eigenvalue weighted by Crippen LogP contribution is -2.37. The number of carbonyl (C=O) groups is 1. The average Bonchev–Trinajstić information content (AvgIpc) is 2.55. The van der Waals surface area contributed by atoms with Gasteiger partial charge in [-0.1, -0.05) is 22.0 Å². The highest BCUT2D eigenvalue weighted by Crippen LogP contribution is 2.25. The van der Waals surface area contributed by atoms with E-state index in [-0.39, 0.29) is 17.4 Å². The van der Waals surface area contributed by atoms with Crippen molar-refractivity contribution < 1.29 is 14.5 Å². The molecule has 0 atom stereocenters. The lowest BCUT2D eigenvalue weighted by Gasteiger charge is -2.13. The molecule has 2 aromatic rings. The molecule has 0 aliphatic heterocycles. The molecule has 9 heteroatoms. The van der Waals surface area contributed by atoms with E-state index in [1.54, 1.807) is 19.1 Å². The lowest BCUT2D eigenvalue weighted by atomic mass is 10.1. The number of halogens is 1. The zero-order chi connectivity index (χ0) is 19.3. The first-order chi connectivity index (χ1) is 12.3. The van der Waals surface area contributed by atoms with E-state index in [9.17, 15) is 14.9 Å². The molecule has 0 spiro atoms. The van der Waals surface area contributed by atoms with Crippen LogP contribution in [-0.4, -0.2) is 22.5 Å². The van der Waals surface area contributed by atoms with Gasteiger partial charge in [0.25, 0.3) is 11.6 Å². The van der Waals surface area contributed by atoms with E-state index in [4.69, 9.17) is 17.0 Å². The van der Waals surface area contributed by atoms with Crippen molar-refractivity contribution in [1.82, 2.24) is 5.32 Å². The number of anilines is 1. The Bertz CT molecular complexity index is 873. The van der Waals surface area contributed by atoms with Gasteiger partial charge in [-0.25, -0.2) is 0 Å². The number of ether oxygens (including phenoxy) is 1. The Balaban J connectivity index is 1.92. The first-order valence-corrected chi connectivity index (χ1v) is 8.72. The zero-order valence-corrected chi connectivity index (χ0v) is 16.4. The fraction of sp³-hybridized carbons (Fsp3) is 0.176. The number of nitro benzene ring substituents is 1. The topological polar surface area (TPSA) is 93.5 Å². The van der Waals surface area contributed by atoms with Crippen LogP contribution in [0.5, 0.6) is 5.75 Å². The second-order valence-electron chi connectivity index (χ2n) is 5.41. The molecule has 0 heterocycles. The maximum Gasteiger partial charge on any atom is 0.274 e. The van der Waals surface area contributed by atoms with Gasteiger partial charge in [-0.05, 0) is 55.9 Å². The number of amides is 1. The summed E-state index contributed by atoms with van der Waals surface area (Å²) in [5, 5.41) is 16.3. The summed E-state index contributed by atoms with van der Waals surface area (Å²) < 4.78 is 6.39. The summed E-state index contributed by atoms with van der Waals surface area (Å²) in [7, 11) is 0. The predicted molar refractivity (Wildman–Crippen MR) is 107 cm³/mol. The van der Waals surface area contributed by atoms with E-state index < -0.39 is 10.8 Å². The molecule has 0 aliphatic rings. The Morgan fingerprint density at radius 1 is 1.31 bits per heavy atom. The fourth-order valence-electron chi connectivity index (χ4n) is 2.19. The molecule has 7 nitrogen and oxygen atoms in total. The highest BCUT2D eigenvalue weighted by Gasteiger charge is 2.14. The highest BCUT2D eigenvalue weighted by molar-refractivity contribution is 9.10. The molecule has 2 aromatic carbocycles. The third-order valence-corrected chi connectivity index (χ3v) is 4.20. The average molecular weight is 438 g/mol. The van der Waals surface area contributed by atoms with Crippen LogP contribution in [0.4, 0.5) is 11.4 Å². The van der Waals surface area contributed by atoms with Crippen molar-refractivity contribution in [3.8, 4) is 5.75 Å². The zero-order valence-electron chi connectivity index (χ0n) is 14.0. The highest BCUT2D eigenvalue weighted by atomic mass is 79.9. The van der Waals surface area contributed by atoms with Gasteiger partial charge in [0.05, 0.1) is 16.2 Å². The summed E-state index contributed by atoms with van der Waals surface area (Å²) >= 11 is 8.44. The van der Waals surface area contributed by atoms with Gasteiger partial charge in [0, 0.05) is 10.5 Å². The van der Waals surface area contributed by atoms with E-state index in [0.717, 1.165) is 10.0 Å². The molecule has 0 aliphatic carbocycles. The van der Waals surface area contributed by atoms with Crippen molar-refractivity contribution >= 4 is 50.5 Å². The monoisotopic (exact) mass is 437 g/mol. The maximum atomic E-state index is 12.0. The number of nitrogens with one attached hydrogen (secondary N) is 2. The minimum atomic E-state index is -0.476. The molecule has 0 aromatic heterocycles. The van der Waals surface area contributed by atoms with Crippen LogP contribution in [0.3, 0.4) is 0 Å². The van der Waals surface area contributed by atoms with Gasteiger partial charge in [0.1, 0.15) is 5.75 Å². The summed E-state index contributed by atoms with van der Waals surface area (Å²) in [4.78, 5) is 22.5. The molecule has 26 heavy (non-hydrogen) atoms. The van der Waals surface area contributed by atoms with Gasteiger partial charge in [0.2, 0.25) is 0 Å². The molecule has 2 rings (SSSR count). The first-order valence-electron chi connectivity index (χ1n) is 7.51. The Hall–Kier alpha value is -2.52. The number of rotatable bonds is 5. The summed E-state index contributed by atoms with van der Waals surface area (Å²) in [5.74, 6) is 0.157. The van der Waals surface area contributed by atoms with Gasteiger partial charge in [-0.2, -0.15) is 0 Å². The third-order valence-electron chi connectivity index (χ3n) is 3.50. The molecule has 0 radical (unpaired) electrons. The van der Waals surface area contributed by atoms with Crippen molar-refractivity contribution in [2.45, 2.75) is 13.8 Å². The number of thiocarbonyl (C=S) groups is 1. The SMILES string of the molecule is Cc1cc(Br)ccc1OCC(=O)NC(=S)Nc1cccc([N+](=O)[O-])c1C. The van der Waals surface area contributed by atoms with Crippen LogP contribution in [0.15, 0.2) is 40.9 Å². The molecule has 0 bridgehead atoms. The van der Waals surface area contributed by atoms with E-state index in [2.05, 4.69) is 26.6 Å². The molecule has 0 fully saturated rings. The van der Waals surface area contributed by atoms with Gasteiger partial charge in [0.15, 0.2) is 11.7 Å². The molecule has 2 N–H and O–H groups in total. The van der Waals surface area contributed by atoms with Gasteiger partial charge in [-0.3, -0.25) is 20.2 Å². The van der Waals surface area contributed by atoms with Crippen molar-refractivity contribution in [2.24, 2.45) is 0 Å². The van der Waals surface area contributed by atoms with Crippen LogP contribution >= 0.6 is 28.1 Å². The van der Waals surface area contributed by atoms with Crippen molar-refractivity contribution in [2.75, 3.05) is 11.9 Å². The standard InChI is InChI=1S/C17H16BrN3O4S/c1-10-8-12(18)6-7-15(10)25-9-16(22)20-17(26)19-13-4-3-5-14(11(13)2)21(23)24/h3-8H,9H2,1-2H3,(H2,19,20,22,26). The molecular formula is C17H16BrN3O4S. The number of benzene rings is 2. The van der Waals surface area contributed by atoms with Crippen molar-refractivity contribution in [1.29, 1.82) is 0 Å². The molecule has 0 unspecified atom stereocenters. The second-order valence-corrected chi connectivity index (χ2v) is 6.73.